The molecule has 1 fully saturated rings. The second kappa shape index (κ2) is 8.16. The van der Waals surface area contributed by atoms with Crippen LogP contribution in [0.3, 0.4) is 0 Å². The van der Waals surface area contributed by atoms with Gasteiger partial charge < -0.3 is 14.7 Å². The average Bonchev–Trinajstić information content (AvgIpc) is 3.31. The number of hydrogen-bond donors (Lipinski definition) is 1. The number of aliphatic hydroxyl groups excluding tert-OH is 1. The fourth-order valence-electron chi connectivity index (χ4n) is 4.47. The van der Waals surface area contributed by atoms with Crippen LogP contribution in [0.1, 0.15) is 35.2 Å². The molecule has 2 aliphatic heterocycles. The molecular formula is C26H21FN2O4. The van der Waals surface area contributed by atoms with Crippen LogP contribution in [0.25, 0.3) is 5.76 Å². The summed E-state index contributed by atoms with van der Waals surface area (Å²) in [6, 6.07) is 13.5. The summed E-state index contributed by atoms with van der Waals surface area (Å²) in [5.74, 6) is -1.81. The summed E-state index contributed by atoms with van der Waals surface area (Å²) < 4.78 is 20.6. The number of fused-ring (bicyclic) bond motifs is 1. The predicted molar refractivity (Wildman–Crippen MR) is 119 cm³/mol. The number of rotatable bonds is 4. The van der Waals surface area contributed by atoms with Crippen molar-refractivity contribution in [2.75, 3.05) is 0 Å². The Hall–Kier alpha value is -4.00. The maximum absolute atomic E-state index is 14.9. The summed E-state index contributed by atoms with van der Waals surface area (Å²) in [5.41, 5.74) is 2.03. The van der Waals surface area contributed by atoms with Gasteiger partial charge in [-0.3, -0.25) is 14.6 Å². The number of aromatic nitrogens is 1. The summed E-state index contributed by atoms with van der Waals surface area (Å²) in [5, 5.41) is 11.2. The van der Waals surface area contributed by atoms with E-state index in [1.54, 1.807) is 48.8 Å². The highest BCUT2D eigenvalue weighted by Crippen LogP contribution is 2.42. The summed E-state index contributed by atoms with van der Waals surface area (Å²) in [4.78, 5) is 31.5. The lowest BCUT2D eigenvalue weighted by Gasteiger charge is -2.25. The maximum atomic E-state index is 14.9. The van der Waals surface area contributed by atoms with Crippen LogP contribution in [0.15, 0.2) is 72.6 Å². The minimum Gasteiger partial charge on any atom is -0.507 e. The molecule has 0 saturated carbocycles. The minimum atomic E-state index is -1.07. The number of halogens is 1. The first-order chi connectivity index (χ1) is 15.9. The Balaban J connectivity index is 1.65. The number of Topliss-reactive ketones (excluding diaryl/α,β-unsaturated/α-hetero) is 1. The molecule has 2 aliphatic rings. The van der Waals surface area contributed by atoms with Gasteiger partial charge in [-0.2, -0.15) is 0 Å². The fourth-order valence-corrected chi connectivity index (χ4v) is 4.47. The zero-order valence-electron chi connectivity index (χ0n) is 17.9. The molecule has 1 aromatic heterocycles. The van der Waals surface area contributed by atoms with Gasteiger partial charge in [0.1, 0.15) is 23.4 Å². The van der Waals surface area contributed by atoms with Gasteiger partial charge in [-0.1, -0.05) is 18.2 Å². The van der Waals surface area contributed by atoms with Crippen molar-refractivity contribution in [2.45, 2.75) is 32.0 Å². The van der Waals surface area contributed by atoms with Crippen LogP contribution in [-0.4, -0.2) is 32.8 Å². The lowest BCUT2D eigenvalue weighted by molar-refractivity contribution is -0.140. The zero-order chi connectivity index (χ0) is 23.1. The van der Waals surface area contributed by atoms with Crippen LogP contribution in [0, 0.1) is 5.82 Å². The molecule has 0 bridgehead atoms. The normalized spacial score (nSPS) is 21.2. The number of likely N-dealkylation sites (tertiary alicyclic amines) is 1. The van der Waals surface area contributed by atoms with E-state index in [1.165, 1.54) is 23.1 Å². The summed E-state index contributed by atoms with van der Waals surface area (Å²) in [6.45, 7) is 2.01. The van der Waals surface area contributed by atoms with Crippen molar-refractivity contribution in [2.24, 2.45) is 0 Å². The number of nitrogens with zero attached hydrogens (tertiary/aromatic N) is 2. The van der Waals surface area contributed by atoms with Crippen molar-refractivity contribution in [3.63, 3.8) is 0 Å². The second-order valence-electron chi connectivity index (χ2n) is 8.26. The van der Waals surface area contributed by atoms with Gasteiger partial charge in [0.25, 0.3) is 11.7 Å². The van der Waals surface area contributed by atoms with Crippen molar-refractivity contribution in [3.8, 4) is 5.75 Å². The third-order valence-electron chi connectivity index (χ3n) is 6.01. The number of hydrogen-bond acceptors (Lipinski definition) is 5. The highest BCUT2D eigenvalue weighted by atomic mass is 19.1. The molecule has 166 valence electrons. The molecule has 1 saturated heterocycles. The van der Waals surface area contributed by atoms with Crippen molar-refractivity contribution in [3.05, 3.63) is 101 Å². The molecule has 0 aliphatic carbocycles. The van der Waals surface area contributed by atoms with Gasteiger partial charge in [0.2, 0.25) is 0 Å². The summed E-state index contributed by atoms with van der Waals surface area (Å²) in [6.07, 6.45) is 3.85. The first-order valence-corrected chi connectivity index (χ1v) is 10.7. The quantitative estimate of drug-likeness (QED) is 0.371. The molecule has 2 atom stereocenters. The SMILES string of the molecule is CC1Cc2cc(/C(O)=C3\C(=O)C(=O)N(Cc4ccncc4)C3c3ccccc3F)ccc2O1. The third-order valence-corrected chi connectivity index (χ3v) is 6.01. The smallest absolute Gasteiger partial charge is 0.295 e. The number of ether oxygens (including phenoxy) is 1. The van der Waals surface area contributed by atoms with E-state index in [4.69, 9.17) is 4.74 Å². The first kappa shape index (κ1) is 20.9. The Labute approximate surface area is 190 Å². The topological polar surface area (TPSA) is 79.7 Å². The number of carbonyl (C=O) groups is 2. The van der Waals surface area contributed by atoms with Gasteiger partial charge in [-0.05, 0) is 54.4 Å². The van der Waals surface area contributed by atoms with E-state index in [2.05, 4.69) is 4.98 Å². The highest BCUT2D eigenvalue weighted by molar-refractivity contribution is 6.46. The van der Waals surface area contributed by atoms with Crippen molar-refractivity contribution < 1.29 is 23.8 Å². The lowest BCUT2D eigenvalue weighted by atomic mass is 9.94. The molecule has 0 spiro atoms. The standard InChI is InChI=1S/C26H21FN2O4/c1-15-12-18-13-17(6-7-21(18)33-15)24(30)22-23(19-4-2-3-5-20(19)27)29(26(32)25(22)31)14-16-8-10-28-11-9-16/h2-11,13,15,23,30H,12,14H2,1H3/b24-22+. The Morgan fingerprint density at radius 2 is 1.91 bits per heavy atom. The predicted octanol–water partition coefficient (Wildman–Crippen LogP) is 4.17. The van der Waals surface area contributed by atoms with Crippen molar-refractivity contribution in [1.29, 1.82) is 0 Å². The van der Waals surface area contributed by atoms with Crippen molar-refractivity contribution in [1.82, 2.24) is 9.88 Å². The van der Waals surface area contributed by atoms with Gasteiger partial charge >= 0.3 is 0 Å². The number of amides is 1. The molecule has 0 radical (unpaired) electrons. The van der Waals surface area contributed by atoms with Crippen LogP contribution >= 0.6 is 0 Å². The molecular weight excluding hydrogens is 423 g/mol. The molecule has 3 heterocycles. The minimum absolute atomic E-state index is 0.0155. The zero-order valence-corrected chi connectivity index (χ0v) is 17.9. The number of ketones is 1. The molecule has 2 aromatic carbocycles. The highest BCUT2D eigenvalue weighted by Gasteiger charge is 2.47. The molecule has 7 heteroatoms. The Bertz CT molecular complexity index is 1290. The fraction of sp³-hybridized carbons (Fsp3) is 0.192. The molecule has 1 amide bonds. The Morgan fingerprint density at radius 3 is 2.67 bits per heavy atom. The van der Waals surface area contributed by atoms with Gasteiger partial charge in [0.15, 0.2) is 0 Å². The summed E-state index contributed by atoms with van der Waals surface area (Å²) >= 11 is 0. The van der Waals surface area contributed by atoms with Crippen molar-refractivity contribution >= 4 is 17.4 Å². The van der Waals surface area contributed by atoms with E-state index >= 15 is 0 Å². The number of carbonyl (C=O) groups excluding carboxylic acids is 2. The molecule has 1 N–H and O–H groups in total. The molecule has 5 rings (SSSR count). The number of benzene rings is 2. The summed E-state index contributed by atoms with van der Waals surface area (Å²) in [7, 11) is 0. The Morgan fingerprint density at radius 1 is 1.15 bits per heavy atom. The molecule has 3 aromatic rings. The third kappa shape index (κ3) is 3.65. The van der Waals surface area contributed by atoms with Crippen LogP contribution in [-0.2, 0) is 22.6 Å². The maximum Gasteiger partial charge on any atom is 0.295 e. The second-order valence-corrected chi connectivity index (χ2v) is 8.26. The number of pyridine rings is 1. The van der Waals surface area contributed by atoms with Crippen LogP contribution in [0.5, 0.6) is 5.75 Å². The van der Waals surface area contributed by atoms with Crippen LogP contribution in [0.2, 0.25) is 0 Å². The number of aliphatic hydroxyl groups is 1. The van der Waals surface area contributed by atoms with Gasteiger partial charge in [0.05, 0.1) is 11.6 Å². The van der Waals surface area contributed by atoms with E-state index in [0.29, 0.717) is 12.0 Å². The van der Waals surface area contributed by atoms with E-state index in [9.17, 15) is 19.1 Å². The van der Waals surface area contributed by atoms with E-state index < -0.39 is 23.5 Å². The lowest BCUT2D eigenvalue weighted by Crippen LogP contribution is -2.29. The van der Waals surface area contributed by atoms with Gasteiger partial charge in [0, 0.05) is 36.5 Å². The monoisotopic (exact) mass is 444 g/mol. The first-order valence-electron chi connectivity index (χ1n) is 10.7. The van der Waals surface area contributed by atoms with E-state index in [-0.39, 0.29) is 29.5 Å². The largest absolute Gasteiger partial charge is 0.507 e. The van der Waals surface area contributed by atoms with E-state index in [0.717, 1.165) is 16.9 Å². The Kier molecular flexibility index (Phi) is 5.17. The van der Waals surface area contributed by atoms with Crippen LogP contribution in [0.4, 0.5) is 4.39 Å². The van der Waals surface area contributed by atoms with E-state index in [1.807, 2.05) is 6.92 Å². The van der Waals surface area contributed by atoms with Gasteiger partial charge in [-0.25, -0.2) is 4.39 Å². The average molecular weight is 444 g/mol. The molecule has 33 heavy (non-hydrogen) atoms. The van der Waals surface area contributed by atoms with Gasteiger partial charge in [-0.15, -0.1) is 0 Å². The van der Waals surface area contributed by atoms with Crippen LogP contribution < -0.4 is 4.74 Å². The molecule has 6 nitrogen and oxygen atoms in total. The molecule has 2 unspecified atom stereocenters.